The first-order valence-corrected chi connectivity index (χ1v) is 10.4. The van der Waals surface area contributed by atoms with Crippen molar-refractivity contribution in [2.24, 2.45) is 0 Å². The van der Waals surface area contributed by atoms with E-state index in [1.165, 1.54) is 4.31 Å². The molecule has 0 atom stereocenters. The fourth-order valence-corrected chi connectivity index (χ4v) is 4.40. The molecular formula is C20H24N2O4S. The van der Waals surface area contributed by atoms with E-state index in [1.807, 2.05) is 25.1 Å². The van der Waals surface area contributed by atoms with Gasteiger partial charge in [0.1, 0.15) is 6.61 Å². The molecule has 1 heterocycles. The molecule has 7 heteroatoms. The quantitative estimate of drug-likeness (QED) is 0.710. The van der Waals surface area contributed by atoms with Crippen LogP contribution in [0.3, 0.4) is 0 Å². The van der Waals surface area contributed by atoms with E-state index in [9.17, 15) is 13.2 Å². The fraction of sp³-hybridized carbons (Fsp3) is 0.350. The number of carbonyl (C=O) groups excluding carboxylic acids is 1. The molecule has 0 aromatic heterocycles. The number of ether oxygens (including phenoxy) is 1. The molecule has 1 saturated heterocycles. The minimum atomic E-state index is -3.45. The molecule has 2 aromatic carbocycles. The second-order valence-electron chi connectivity index (χ2n) is 6.56. The standard InChI is InChI=1S/C20H24N2O4S/c1-17-7-9-19(10-8-17)27(24,25)22-13-11-21(12-14-22)15-16-26-20(23)18-5-3-2-4-6-18/h2-10H,11-16H2,1H3. The van der Waals surface area contributed by atoms with Crippen molar-refractivity contribution in [2.75, 3.05) is 39.3 Å². The molecule has 0 radical (unpaired) electrons. The summed E-state index contributed by atoms with van der Waals surface area (Å²) in [5, 5.41) is 0. The minimum absolute atomic E-state index is 0.290. The Morgan fingerprint density at radius 3 is 2.22 bits per heavy atom. The van der Waals surface area contributed by atoms with Gasteiger partial charge in [-0.15, -0.1) is 0 Å². The highest BCUT2D eigenvalue weighted by Crippen LogP contribution is 2.18. The van der Waals surface area contributed by atoms with Crippen molar-refractivity contribution in [1.82, 2.24) is 9.21 Å². The summed E-state index contributed by atoms with van der Waals surface area (Å²) in [6, 6.07) is 15.8. The third-order valence-corrected chi connectivity index (χ3v) is 6.55. The van der Waals surface area contributed by atoms with Gasteiger partial charge in [-0.2, -0.15) is 4.31 Å². The highest BCUT2D eigenvalue weighted by Gasteiger charge is 2.28. The molecule has 1 aliphatic rings. The first-order valence-electron chi connectivity index (χ1n) is 8.98. The zero-order valence-electron chi connectivity index (χ0n) is 15.4. The molecule has 0 amide bonds. The molecule has 1 aliphatic heterocycles. The second-order valence-corrected chi connectivity index (χ2v) is 8.50. The molecule has 0 bridgehead atoms. The molecule has 0 saturated carbocycles. The lowest BCUT2D eigenvalue weighted by Crippen LogP contribution is -2.49. The molecule has 0 aliphatic carbocycles. The van der Waals surface area contributed by atoms with Crippen LogP contribution in [0.1, 0.15) is 15.9 Å². The molecule has 3 rings (SSSR count). The van der Waals surface area contributed by atoms with Crippen molar-refractivity contribution >= 4 is 16.0 Å². The Hall–Kier alpha value is -2.22. The van der Waals surface area contributed by atoms with E-state index in [0.717, 1.165) is 5.56 Å². The highest BCUT2D eigenvalue weighted by molar-refractivity contribution is 7.89. The molecule has 27 heavy (non-hydrogen) atoms. The average Bonchev–Trinajstić information content (AvgIpc) is 2.69. The maximum absolute atomic E-state index is 12.7. The summed E-state index contributed by atoms with van der Waals surface area (Å²) in [5.41, 5.74) is 1.57. The summed E-state index contributed by atoms with van der Waals surface area (Å²) in [4.78, 5) is 14.4. The van der Waals surface area contributed by atoms with Crippen LogP contribution >= 0.6 is 0 Å². The first-order chi connectivity index (χ1) is 13.0. The zero-order valence-corrected chi connectivity index (χ0v) is 16.2. The lowest BCUT2D eigenvalue weighted by Gasteiger charge is -2.33. The predicted octanol–water partition coefficient (Wildman–Crippen LogP) is 2.16. The Balaban J connectivity index is 1.46. The summed E-state index contributed by atoms with van der Waals surface area (Å²) in [5.74, 6) is -0.337. The monoisotopic (exact) mass is 388 g/mol. The van der Waals surface area contributed by atoms with Crippen LogP contribution in [0.25, 0.3) is 0 Å². The van der Waals surface area contributed by atoms with Crippen molar-refractivity contribution in [3.05, 3.63) is 65.7 Å². The number of benzene rings is 2. The van der Waals surface area contributed by atoms with E-state index in [2.05, 4.69) is 4.90 Å². The molecule has 0 unspecified atom stereocenters. The van der Waals surface area contributed by atoms with Gasteiger partial charge in [0.15, 0.2) is 0 Å². The number of nitrogens with zero attached hydrogens (tertiary/aromatic N) is 2. The van der Waals surface area contributed by atoms with Crippen LogP contribution in [-0.4, -0.2) is 62.9 Å². The molecule has 0 spiro atoms. The van der Waals surface area contributed by atoms with Gasteiger partial charge in [0.25, 0.3) is 0 Å². The van der Waals surface area contributed by atoms with E-state index < -0.39 is 10.0 Å². The van der Waals surface area contributed by atoms with E-state index in [1.54, 1.807) is 36.4 Å². The average molecular weight is 388 g/mol. The number of sulfonamides is 1. The fourth-order valence-electron chi connectivity index (χ4n) is 2.98. The number of esters is 1. The molecular weight excluding hydrogens is 364 g/mol. The number of piperazine rings is 1. The van der Waals surface area contributed by atoms with Crippen molar-refractivity contribution < 1.29 is 17.9 Å². The zero-order chi connectivity index (χ0) is 19.3. The van der Waals surface area contributed by atoms with Crippen LogP contribution in [0.5, 0.6) is 0 Å². The minimum Gasteiger partial charge on any atom is -0.461 e. The van der Waals surface area contributed by atoms with Gasteiger partial charge in [-0.1, -0.05) is 35.9 Å². The lowest BCUT2D eigenvalue weighted by molar-refractivity contribution is 0.0445. The number of hydrogen-bond donors (Lipinski definition) is 0. The summed E-state index contributed by atoms with van der Waals surface area (Å²) in [6.07, 6.45) is 0. The van der Waals surface area contributed by atoms with Gasteiger partial charge < -0.3 is 4.74 Å². The van der Waals surface area contributed by atoms with Gasteiger partial charge in [-0.3, -0.25) is 4.90 Å². The molecule has 1 fully saturated rings. The first kappa shape index (κ1) is 19.5. The van der Waals surface area contributed by atoms with Gasteiger partial charge in [0.05, 0.1) is 10.5 Å². The maximum atomic E-state index is 12.7. The predicted molar refractivity (Wildman–Crippen MR) is 103 cm³/mol. The Morgan fingerprint density at radius 2 is 1.59 bits per heavy atom. The van der Waals surface area contributed by atoms with E-state index >= 15 is 0 Å². The van der Waals surface area contributed by atoms with Crippen LogP contribution < -0.4 is 0 Å². The third kappa shape index (κ3) is 4.94. The van der Waals surface area contributed by atoms with Crippen LogP contribution in [0, 0.1) is 6.92 Å². The Morgan fingerprint density at radius 1 is 0.963 bits per heavy atom. The van der Waals surface area contributed by atoms with Gasteiger partial charge >= 0.3 is 5.97 Å². The maximum Gasteiger partial charge on any atom is 0.338 e. The molecule has 0 N–H and O–H groups in total. The van der Waals surface area contributed by atoms with Crippen molar-refractivity contribution in [3.8, 4) is 0 Å². The number of aryl methyl sites for hydroxylation is 1. The normalized spacial score (nSPS) is 16.2. The third-order valence-electron chi connectivity index (χ3n) is 4.64. The van der Waals surface area contributed by atoms with Crippen LogP contribution in [0.4, 0.5) is 0 Å². The van der Waals surface area contributed by atoms with Crippen molar-refractivity contribution in [2.45, 2.75) is 11.8 Å². The van der Waals surface area contributed by atoms with E-state index in [0.29, 0.717) is 49.8 Å². The van der Waals surface area contributed by atoms with Crippen molar-refractivity contribution in [3.63, 3.8) is 0 Å². The summed E-state index contributed by atoms with van der Waals surface area (Å²) in [6.45, 7) is 4.92. The lowest BCUT2D eigenvalue weighted by atomic mass is 10.2. The molecule has 144 valence electrons. The number of carbonyl (C=O) groups is 1. The molecule has 6 nitrogen and oxygen atoms in total. The number of hydrogen-bond acceptors (Lipinski definition) is 5. The Labute approximate surface area is 160 Å². The van der Waals surface area contributed by atoms with E-state index in [-0.39, 0.29) is 5.97 Å². The topological polar surface area (TPSA) is 66.9 Å². The Bertz CT molecular complexity index is 859. The van der Waals surface area contributed by atoms with Crippen LogP contribution in [0.2, 0.25) is 0 Å². The molecule has 2 aromatic rings. The van der Waals surface area contributed by atoms with Gasteiger partial charge in [0, 0.05) is 32.7 Å². The smallest absolute Gasteiger partial charge is 0.338 e. The number of rotatable bonds is 6. The van der Waals surface area contributed by atoms with Crippen molar-refractivity contribution in [1.29, 1.82) is 0 Å². The SMILES string of the molecule is Cc1ccc(S(=O)(=O)N2CCN(CCOC(=O)c3ccccc3)CC2)cc1. The van der Waals surface area contributed by atoms with Gasteiger partial charge in [-0.25, -0.2) is 13.2 Å². The largest absolute Gasteiger partial charge is 0.461 e. The van der Waals surface area contributed by atoms with Gasteiger partial charge in [0.2, 0.25) is 10.0 Å². The highest BCUT2D eigenvalue weighted by atomic mass is 32.2. The summed E-state index contributed by atoms with van der Waals surface area (Å²) in [7, 11) is -3.45. The van der Waals surface area contributed by atoms with Crippen LogP contribution in [-0.2, 0) is 14.8 Å². The summed E-state index contributed by atoms with van der Waals surface area (Å²) < 4.78 is 32.2. The van der Waals surface area contributed by atoms with Crippen LogP contribution in [0.15, 0.2) is 59.5 Å². The van der Waals surface area contributed by atoms with E-state index in [4.69, 9.17) is 4.74 Å². The Kier molecular flexibility index (Phi) is 6.26. The summed E-state index contributed by atoms with van der Waals surface area (Å²) >= 11 is 0. The second kappa shape index (κ2) is 8.65. The van der Waals surface area contributed by atoms with Gasteiger partial charge in [-0.05, 0) is 31.2 Å².